The predicted octanol–water partition coefficient (Wildman–Crippen LogP) is 3.02. The molecule has 1 aromatic heterocycles. The Morgan fingerprint density at radius 3 is 2.69 bits per heavy atom. The van der Waals surface area contributed by atoms with Crippen LogP contribution in [0.15, 0.2) is 28.7 Å². The summed E-state index contributed by atoms with van der Waals surface area (Å²) in [5, 5.41) is 10.7. The molecule has 0 fully saturated rings. The maximum Gasteiger partial charge on any atom is 0.246 e. The first kappa shape index (κ1) is 20.1. The summed E-state index contributed by atoms with van der Waals surface area (Å²) in [7, 11) is -2.35. The number of oxazole rings is 1. The predicted molar refractivity (Wildman–Crippen MR) is 102 cm³/mol. The number of primary amides is 1. The van der Waals surface area contributed by atoms with Crippen molar-refractivity contribution >= 4 is 30.6 Å². The molecule has 1 aromatic carbocycles. The van der Waals surface area contributed by atoms with Gasteiger partial charge in [0.2, 0.25) is 18.0 Å². The van der Waals surface area contributed by atoms with E-state index in [0.717, 1.165) is 12.8 Å². The third kappa shape index (κ3) is 4.70. The molecule has 0 aliphatic heterocycles. The Labute approximate surface area is 154 Å². The molecule has 1 radical (unpaired) electrons. The summed E-state index contributed by atoms with van der Waals surface area (Å²) >= 11 is 0. The van der Waals surface area contributed by atoms with Crippen molar-refractivity contribution in [2.45, 2.75) is 45.1 Å². The molecule has 0 bridgehead atoms. The fraction of sp³-hybridized carbons (Fsp3) is 0.444. The number of nitrogens with two attached hydrogens (primary N) is 1. The number of benzene rings is 1. The van der Waals surface area contributed by atoms with Crippen molar-refractivity contribution in [3.05, 3.63) is 36.6 Å². The van der Waals surface area contributed by atoms with Crippen molar-refractivity contribution in [3.63, 3.8) is 0 Å². The van der Waals surface area contributed by atoms with Crippen molar-refractivity contribution in [1.82, 2.24) is 9.88 Å². The maximum absolute atomic E-state index is 12.7. The molecule has 8 heteroatoms. The van der Waals surface area contributed by atoms with Crippen molar-refractivity contribution in [3.8, 4) is 0 Å². The Morgan fingerprint density at radius 2 is 2.08 bits per heavy atom. The number of aromatic nitrogens is 1. The lowest BCUT2D eigenvalue weighted by Gasteiger charge is -2.27. The molecule has 2 amide bonds. The van der Waals surface area contributed by atoms with Gasteiger partial charge in [-0.2, -0.15) is 0 Å². The van der Waals surface area contributed by atoms with E-state index < -0.39 is 14.3 Å². The minimum absolute atomic E-state index is 0.0791. The molecule has 3 N–H and O–H groups in total. The zero-order chi connectivity index (χ0) is 19.3. The number of amides is 2. The van der Waals surface area contributed by atoms with Crippen LogP contribution in [-0.4, -0.2) is 41.0 Å². The molecule has 0 saturated carbocycles. The molecule has 2 aromatic rings. The van der Waals surface area contributed by atoms with E-state index >= 15 is 0 Å². The van der Waals surface area contributed by atoms with Crippen LogP contribution < -0.4 is 5.73 Å². The second-order valence-corrected chi connectivity index (χ2v) is 11.6. The van der Waals surface area contributed by atoms with E-state index in [-0.39, 0.29) is 17.3 Å². The standard InChI is InChI=1S/C18H26N3O4Si/c1-4-5-11-21(15(22)10-12-26(2,3)18(19)24)17(23)16-20-13-8-6-7-9-14(13)25-16/h6-10,17,23H,4-5,11-12H2,1-3H3,(H2,19,24)/t17-/m0/s1. The number of rotatable bonds is 9. The lowest BCUT2D eigenvalue weighted by molar-refractivity contribution is -0.139. The van der Waals surface area contributed by atoms with Gasteiger partial charge in [0.05, 0.1) is 0 Å². The summed E-state index contributed by atoms with van der Waals surface area (Å²) in [6.45, 7) is 5.99. The Kier molecular flexibility index (Phi) is 6.55. The van der Waals surface area contributed by atoms with Crippen LogP contribution in [0.25, 0.3) is 11.1 Å². The number of aliphatic hydroxyl groups excluding tert-OH is 1. The van der Waals surface area contributed by atoms with Gasteiger partial charge >= 0.3 is 0 Å². The number of unbranched alkanes of at least 4 members (excludes halogenated alkanes) is 1. The zero-order valence-corrected chi connectivity index (χ0v) is 16.4. The molecule has 2 rings (SSSR count). The Balaban J connectivity index is 2.16. The highest BCUT2D eigenvalue weighted by atomic mass is 28.3. The van der Waals surface area contributed by atoms with E-state index in [0.29, 0.717) is 23.7 Å². The van der Waals surface area contributed by atoms with E-state index in [1.165, 1.54) is 11.3 Å². The van der Waals surface area contributed by atoms with Gasteiger partial charge < -0.3 is 20.2 Å². The van der Waals surface area contributed by atoms with E-state index in [1.807, 2.05) is 32.2 Å². The smallest absolute Gasteiger partial charge is 0.246 e. The Bertz CT molecular complexity index is 742. The van der Waals surface area contributed by atoms with Gasteiger partial charge in [0.15, 0.2) is 19.2 Å². The van der Waals surface area contributed by atoms with Crippen LogP contribution in [0.1, 0.15) is 31.9 Å². The zero-order valence-electron chi connectivity index (χ0n) is 15.4. The van der Waals surface area contributed by atoms with E-state index in [4.69, 9.17) is 10.2 Å². The summed E-state index contributed by atoms with van der Waals surface area (Å²) in [5.74, 6) is -0.273. The number of nitrogens with zero attached hydrogens (tertiary/aromatic N) is 2. The monoisotopic (exact) mass is 376 g/mol. The summed E-state index contributed by atoms with van der Waals surface area (Å²) in [6.07, 6.45) is 1.76. The van der Waals surface area contributed by atoms with Crippen LogP contribution in [0, 0.1) is 6.42 Å². The molecule has 0 spiro atoms. The Hall–Kier alpha value is -2.19. The van der Waals surface area contributed by atoms with Gasteiger partial charge in [-0.15, -0.1) is 0 Å². The van der Waals surface area contributed by atoms with E-state index in [9.17, 15) is 14.7 Å². The molecule has 0 saturated heterocycles. The minimum atomic E-state index is -2.35. The quantitative estimate of drug-likeness (QED) is 0.516. The minimum Gasteiger partial charge on any atom is -0.436 e. The van der Waals surface area contributed by atoms with Gasteiger partial charge in [-0.05, 0) is 24.6 Å². The SMILES string of the molecule is CCCCN(C(=O)[CH]C[Si](C)(C)C(N)=O)[C@@H](O)c1nc2ccccc2o1. The summed E-state index contributed by atoms with van der Waals surface area (Å²) in [5.41, 5.74) is 6.24. The van der Waals surface area contributed by atoms with Crippen LogP contribution in [0.4, 0.5) is 4.79 Å². The van der Waals surface area contributed by atoms with Crippen LogP contribution in [-0.2, 0) is 4.79 Å². The van der Waals surface area contributed by atoms with Crippen LogP contribution in [0.5, 0.6) is 0 Å². The lowest BCUT2D eigenvalue weighted by atomic mass is 10.2. The molecular formula is C18H26N3O4Si. The van der Waals surface area contributed by atoms with Gasteiger partial charge in [0, 0.05) is 13.0 Å². The second kappa shape index (κ2) is 8.46. The third-order valence-corrected chi connectivity index (χ3v) is 6.88. The average Bonchev–Trinajstić information content (AvgIpc) is 3.04. The number of hydrogen-bond donors (Lipinski definition) is 2. The first-order valence-corrected chi connectivity index (χ1v) is 11.9. The van der Waals surface area contributed by atoms with Crippen molar-refractivity contribution in [2.75, 3.05) is 6.54 Å². The molecule has 7 nitrogen and oxygen atoms in total. The van der Waals surface area contributed by atoms with Crippen molar-refractivity contribution < 1.29 is 19.1 Å². The lowest BCUT2D eigenvalue weighted by Crippen LogP contribution is -2.44. The fourth-order valence-corrected chi connectivity index (χ4v) is 3.26. The largest absolute Gasteiger partial charge is 0.436 e. The highest BCUT2D eigenvalue weighted by Gasteiger charge is 2.32. The first-order valence-electron chi connectivity index (χ1n) is 8.73. The normalized spacial score (nSPS) is 12.9. The van der Waals surface area contributed by atoms with Gasteiger partial charge in [-0.1, -0.05) is 38.6 Å². The molecule has 141 valence electrons. The number of para-hydroxylation sites is 2. The Morgan fingerprint density at radius 1 is 1.38 bits per heavy atom. The number of hydrogen-bond acceptors (Lipinski definition) is 5. The van der Waals surface area contributed by atoms with Gasteiger partial charge in [-0.3, -0.25) is 9.59 Å². The van der Waals surface area contributed by atoms with E-state index in [2.05, 4.69) is 4.98 Å². The summed E-state index contributed by atoms with van der Waals surface area (Å²) < 4.78 is 5.59. The van der Waals surface area contributed by atoms with E-state index in [1.54, 1.807) is 12.1 Å². The molecule has 0 aliphatic carbocycles. The van der Waals surface area contributed by atoms with Gasteiger partial charge in [0.25, 0.3) is 0 Å². The number of carbonyl (C=O) groups excluding carboxylic acids is 2. The molecule has 26 heavy (non-hydrogen) atoms. The van der Waals surface area contributed by atoms with Crippen molar-refractivity contribution in [2.24, 2.45) is 5.73 Å². The number of carbonyl (C=O) groups is 2. The molecule has 1 heterocycles. The molecule has 0 unspecified atom stereocenters. The summed E-state index contributed by atoms with van der Waals surface area (Å²) in [6, 6.07) is 7.49. The van der Waals surface area contributed by atoms with Crippen LogP contribution in [0.2, 0.25) is 19.1 Å². The average molecular weight is 377 g/mol. The number of aliphatic hydroxyl groups is 1. The second-order valence-electron chi connectivity index (χ2n) is 6.94. The fourth-order valence-electron chi connectivity index (χ4n) is 2.38. The summed E-state index contributed by atoms with van der Waals surface area (Å²) in [4.78, 5) is 29.7. The number of fused-ring (bicyclic) bond motifs is 1. The highest BCUT2D eigenvalue weighted by Crippen LogP contribution is 2.24. The van der Waals surface area contributed by atoms with Crippen molar-refractivity contribution in [1.29, 1.82) is 0 Å². The maximum atomic E-state index is 12.7. The topological polar surface area (TPSA) is 110 Å². The van der Waals surface area contributed by atoms with Gasteiger partial charge in [0.1, 0.15) is 5.52 Å². The van der Waals surface area contributed by atoms with Gasteiger partial charge in [-0.25, -0.2) is 4.98 Å². The molecule has 1 atom stereocenters. The third-order valence-electron chi connectivity index (χ3n) is 4.32. The first-order chi connectivity index (χ1) is 12.3. The van der Waals surface area contributed by atoms with Crippen LogP contribution >= 0.6 is 0 Å². The molecular weight excluding hydrogens is 350 g/mol. The molecule has 0 aliphatic rings. The van der Waals surface area contributed by atoms with Crippen LogP contribution in [0.3, 0.4) is 0 Å². The highest BCUT2D eigenvalue weighted by molar-refractivity contribution is 7.04.